The van der Waals surface area contributed by atoms with Gasteiger partial charge in [0.2, 0.25) is 0 Å². The molecule has 0 aliphatic carbocycles. The van der Waals surface area contributed by atoms with Crippen molar-refractivity contribution < 1.29 is 14.6 Å². The van der Waals surface area contributed by atoms with Crippen LogP contribution >= 0.6 is 0 Å². The molecule has 2 aromatic carbocycles. The maximum atomic E-state index is 11.8. The first-order chi connectivity index (χ1) is 15.7. The summed E-state index contributed by atoms with van der Waals surface area (Å²) in [5, 5.41) is 9.68. The molecule has 5 rings (SSSR count). The fourth-order valence-electron chi connectivity index (χ4n) is 4.06. The molecule has 1 saturated heterocycles. The van der Waals surface area contributed by atoms with E-state index in [0.29, 0.717) is 12.1 Å². The van der Waals surface area contributed by atoms with Crippen LogP contribution in [0.4, 0.5) is 5.69 Å². The lowest BCUT2D eigenvalue weighted by molar-refractivity contribution is 0.0695. The number of ether oxygens (including phenoxy) is 1. The van der Waals surface area contributed by atoms with Gasteiger partial charge in [0.05, 0.1) is 25.0 Å². The zero-order chi connectivity index (χ0) is 21.9. The van der Waals surface area contributed by atoms with Crippen molar-refractivity contribution in [1.82, 2.24) is 14.1 Å². The van der Waals surface area contributed by atoms with Crippen LogP contribution in [0.1, 0.15) is 21.5 Å². The van der Waals surface area contributed by atoms with Crippen molar-refractivity contribution in [3.63, 3.8) is 0 Å². The second-order valence-electron chi connectivity index (χ2n) is 7.99. The Balaban J connectivity index is 1.24. The lowest BCUT2D eigenvalue weighted by Crippen LogP contribution is -2.54. The van der Waals surface area contributed by atoms with Crippen LogP contribution in [0.15, 0.2) is 85.7 Å². The third kappa shape index (κ3) is 4.23. The van der Waals surface area contributed by atoms with Gasteiger partial charge in [-0.1, -0.05) is 18.2 Å². The smallest absolute Gasteiger partial charge is 0.336 e. The van der Waals surface area contributed by atoms with Crippen LogP contribution in [0, 0.1) is 0 Å². The molecule has 162 valence electrons. The highest BCUT2D eigenvalue weighted by Gasteiger charge is 2.31. The van der Waals surface area contributed by atoms with Gasteiger partial charge in [0.15, 0.2) is 0 Å². The Morgan fingerprint density at radius 2 is 1.75 bits per heavy atom. The zero-order valence-electron chi connectivity index (χ0n) is 17.5. The monoisotopic (exact) mass is 428 g/mol. The molecule has 7 nitrogen and oxygen atoms in total. The molecule has 7 heteroatoms. The van der Waals surface area contributed by atoms with Gasteiger partial charge in [-0.3, -0.25) is 0 Å². The predicted molar refractivity (Wildman–Crippen MR) is 121 cm³/mol. The molecule has 1 aliphatic heterocycles. The number of rotatable bonds is 8. The zero-order valence-corrected chi connectivity index (χ0v) is 17.5. The van der Waals surface area contributed by atoms with Crippen molar-refractivity contribution in [3.8, 4) is 5.75 Å². The Labute approximate surface area is 186 Å². The molecule has 1 N–H and O–H groups in total. The molecule has 0 amide bonds. The van der Waals surface area contributed by atoms with E-state index < -0.39 is 5.97 Å². The number of aromatic carboxylic acids is 1. The number of carboxylic acid groups (broad SMARTS) is 1. The number of benzene rings is 2. The van der Waals surface area contributed by atoms with E-state index >= 15 is 0 Å². The van der Waals surface area contributed by atoms with Gasteiger partial charge < -0.3 is 23.9 Å². The lowest BCUT2D eigenvalue weighted by atomic mass is 10.0. The average Bonchev–Trinajstić information content (AvgIpc) is 3.46. The minimum atomic E-state index is -0.905. The molecule has 1 aliphatic rings. The molecule has 0 spiro atoms. The fourth-order valence-corrected chi connectivity index (χ4v) is 4.06. The molecule has 0 atom stereocenters. The van der Waals surface area contributed by atoms with Crippen molar-refractivity contribution in [3.05, 3.63) is 102 Å². The maximum absolute atomic E-state index is 11.8. The standard InChI is InChI=1S/C25H24N4O3/c30-25(31)22-4-3-5-24(23(22)17-27-11-1-2-12-27)29-15-21(16-29)32-20-8-6-19(7-9-20)14-28-13-10-26-18-28/h1-13,18,21H,14-17H2,(H,30,31). The molecular formula is C25H24N4O3. The molecule has 32 heavy (non-hydrogen) atoms. The van der Waals surface area contributed by atoms with E-state index in [1.807, 2.05) is 64.1 Å². The third-order valence-corrected chi connectivity index (χ3v) is 5.73. The van der Waals surface area contributed by atoms with Crippen molar-refractivity contribution in [1.29, 1.82) is 0 Å². The molecule has 3 heterocycles. The molecule has 0 bridgehead atoms. The van der Waals surface area contributed by atoms with Gasteiger partial charge in [0.25, 0.3) is 0 Å². The van der Waals surface area contributed by atoms with Gasteiger partial charge in [-0.15, -0.1) is 0 Å². The second kappa shape index (κ2) is 8.63. The average molecular weight is 428 g/mol. The van der Waals surface area contributed by atoms with Crippen LogP contribution < -0.4 is 9.64 Å². The summed E-state index contributed by atoms with van der Waals surface area (Å²) in [4.78, 5) is 18.1. The quantitative estimate of drug-likeness (QED) is 0.463. The molecule has 1 fully saturated rings. The van der Waals surface area contributed by atoms with Gasteiger partial charge in [-0.25, -0.2) is 9.78 Å². The van der Waals surface area contributed by atoms with Crippen molar-refractivity contribution >= 4 is 11.7 Å². The highest BCUT2D eigenvalue weighted by molar-refractivity contribution is 5.91. The summed E-state index contributed by atoms with van der Waals surface area (Å²) >= 11 is 0. The lowest BCUT2D eigenvalue weighted by Gasteiger charge is -2.41. The van der Waals surface area contributed by atoms with Gasteiger partial charge in [0.1, 0.15) is 11.9 Å². The van der Waals surface area contributed by atoms with Crippen molar-refractivity contribution in [2.24, 2.45) is 0 Å². The van der Waals surface area contributed by atoms with Crippen molar-refractivity contribution in [2.45, 2.75) is 19.2 Å². The van der Waals surface area contributed by atoms with Gasteiger partial charge in [-0.2, -0.15) is 0 Å². The Morgan fingerprint density at radius 1 is 0.969 bits per heavy atom. The van der Waals surface area contributed by atoms with E-state index in [4.69, 9.17) is 4.74 Å². The second-order valence-corrected chi connectivity index (χ2v) is 7.99. The molecular weight excluding hydrogens is 404 g/mol. The van der Waals surface area contributed by atoms with Crippen LogP contribution in [0.2, 0.25) is 0 Å². The van der Waals surface area contributed by atoms with Crippen LogP contribution in [-0.4, -0.2) is 44.4 Å². The van der Waals surface area contributed by atoms with E-state index in [-0.39, 0.29) is 6.10 Å². The third-order valence-electron chi connectivity index (χ3n) is 5.73. The van der Waals surface area contributed by atoms with E-state index in [0.717, 1.165) is 36.6 Å². The summed E-state index contributed by atoms with van der Waals surface area (Å²) in [6.07, 6.45) is 9.48. The van der Waals surface area contributed by atoms with Crippen LogP contribution in [0.3, 0.4) is 0 Å². The largest absolute Gasteiger partial charge is 0.487 e. The number of nitrogens with zero attached hydrogens (tertiary/aromatic N) is 4. The fraction of sp³-hybridized carbons (Fsp3) is 0.200. The topological polar surface area (TPSA) is 72.5 Å². The Kier molecular flexibility index (Phi) is 5.37. The molecule has 4 aromatic rings. The van der Waals surface area contributed by atoms with Gasteiger partial charge in [0, 0.05) is 49.1 Å². The molecule has 0 radical (unpaired) electrons. The van der Waals surface area contributed by atoms with Gasteiger partial charge in [-0.05, 0) is 42.0 Å². The van der Waals surface area contributed by atoms with Crippen LogP contribution in [-0.2, 0) is 13.1 Å². The minimum Gasteiger partial charge on any atom is -0.487 e. The number of hydrogen-bond donors (Lipinski definition) is 1. The Hall–Kier alpha value is -4.00. The summed E-state index contributed by atoms with van der Waals surface area (Å²) in [6, 6.07) is 17.5. The number of hydrogen-bond acceptors (Lipinski definition) is 4. The first-order valence-electron chi connectivity index (χ1n) is 10.6. The van der Waals surface area contributed by atoms with E-state index in [9.17, 15) is 9.90 Å². The summed E-state index contributed by atoms with van der Waals surface area (Å²) in [6.45, 7) is 2.74. The highest BCUT2D eigenvalue weighted by atomic mass is 16.5. The van der Waals surface area contributed by atoms with Crippen molar-refractivity contribution in [2.75, 3.05) is 18.0 Å². The van der Waals surface area contributed by atoms with E-state index in [2.05, 4.69) is 22.0 Å². The Bertz CT molecular complexity index is 1180. The van der Waals surface area contributed by atoms with Gasteiger partial charge >= 0.3 is 5.97 Å². The highest BCUT2D eigenvalue weighted by Crippen LogP contribution is 2.30. The maximum Gasteiger partial charge on any atom is 0.336 e. The number of carboxylic acids is 1. The Morgan fingerprint density at radius 3 is 2.44 bits per heavy atom. The minimum absolute atomic E-state index is 0.0717. The molecule has 0 saturated carbocycles. The van der Waals surface area contributed by atoms with E-state index in [1.54, 1.807) is 18.6 Å². The predicted octanol–water partition coefficient (Wildman–Crippen LogP) is 3.75. The van der Waals surface area contributed by atoms with Crippen LogP contribution in [0.25, 0.3) is 0 Å². The molecule has 0 unspecified atom stereocenters. The normalized spacial score (nSPS) is 13.7. The molecule has 2 aromatic heterocycles. The number of carbonyl (C=O) groups is 1. The van der Waals surface area contributed by atoms with E-state index in [1.165, 1.54) is 5.56 Å². The SMILES string of the molecule is O=C(O)c1cccc(N2CC(Oc3ccc(Cn4ccnc4)cc3)C2)c1Cn1cccc1. The van der Waals surface area contributed by atoms with Crippen LogP contribution in [0.5, 0.6) is 5.75 Å². The summed E-state index contributed by atoms with van der Waals surface area (Å²) in [7, 11) is 0. The number of anilines is 1. The summed E-state index contributed by atoms with van der Waals surface area (Å²) < 4.78 is 10.1. The first kappa shape index (κ1) is 19.9. The summed E-state index contributed by atoms with van der Waals surface area (Å²) in [5.41, 5.74) is 3.30. The number of imidazole rings is 1. The number of aromatic nitrogens is 3. The summed E-state index contributed by atoms with van der Waals surface area (Å²) in [5.74, 6) is -0.0611. The first-order valence-corrected chi connectivity index (χ1v) is 10.6.